The van der Waals surface area contributed by atoms with Crippen LogP contribution in [-0.2, 0) is 16.1 Å². The lowest BCUT2D eigenvalue weighted by atomic mass is 9.91. The summed E-state index contributed by atoms with van der Waals surface area (Å²) in [5, 5.41) is 7.65. The lowest BCUT2D eigenvalue weighted by molar-refractivity contribution is -0.140. The number of hydrogen-bond donors (Lipinski definition) is 1. The number of halogens is 2. The first-order valence-electron chi connectivity index (χ1n) is 8.35. The van der Waals surface area contributed by atoms with Crippen molar-refractivity contribution in [2.45, 2.75) is 51.3 Å². The number of rotatable bonds is 3. The van der Waals surface area contributed by atoms with Crippen LogP contribution in [0.1, 0.15) is 38.2 Å². The Balaban J connectivity index is 0.00000144. The second kappa shape index (κ2) is 9.61. The molecule has 6 nitrogen and oxygen atoms in total. The van der Waals surface area contributed by atoms with Gasteiger partial charge in [-0.3, -0.25) is 9.48 Å². The van der Waals surface area contributed by atoms with E-state index in [-0.39, 0.29) is 42.9 Å². The number of amides is 1. The minimum atomic E-state index is -0.187. The number of carbonyl (C=O) groups is 1. The number of aromatic nitrogens is 2. The molecule has 0 spiro atoms. The smallest absolute Gasteiger partial charge is 0.242 e. The topological polar surface area (TPSA) is 59.4 Å². The van der Waals surface area contributed by atoms with Gasteiger partial charge in [-0.15, -0.1) is 24.8 Å². The van der Waals surface area contributed by atoms with Gasteiger partial charge < -0.3 is 15.0 Å². The van der Waals surface area contributed by atoms with Gasteiger partial charge in [0.05, 0.1) is 18.9 Å². The van der Waals surface area contributed by atoms with Gasteiger partial charge in [-0.2, -0.15) is 5.10 Å². The molecule has 0 aliphatic carbocycles. The second-order valence-corrected chi connectivity index (χ2v) is 6.24. The summed E-state index contributed by atoms with van der Waals surface area (Å²) in [7, 11) is 0. The third-order valence-corrected chi connectivity index (χ3v) is 4.84. The molecule has 1 aromatic heterocycles. The van der Waals surface area contributed by atoms with Crippen molar-refractivity contribution in [1.29, 1.82) is 0 Å². The monoisotopic (exact) mass is 378 g/mol. The van der Waals surface area contributed by atoms with E-state index in [1.54, 1.807) is 0 Å². The molecule has 0 bridgehead atoms. The first kappa shape index (κ1) is 21.2. The zero-order valence-corrected chi connectivity index (χ0v) is 15.9. The van der Waals surface area contributed by atoms with Gasteiger partial charge in [0, 0.05) is 32.4 Å². The van der Waals surface area contributed by atoms with Crippen molar-refractivity contribution in [2.24, 2.45) is 0 Å². The number of morpholine rings is 1. The first-order valence-corrected chi connectivity index (χ1v) is 8.35. The molecule has 0 unspecified atom stereocenters. The molecule has 0 radical (unpaired) electrons. The summed E-state index contributed by atoms with van der Waals surface area (Å²) in [5.41, 5.74) is 1.31. The Kier molecular flexibility index (Phi) is 8.50. The molecule has 8 heteroatoms. The highest BCUT2D eigenvalue weighted by Gasteiger charge is 2.33. The van der Waals surface area contributed by atoms with Gasteiger partial charge in [-0.25, -0.2) is 0 Å². The van der Waals surface area contributed by atoms with Crippen LogP contribution in [0.3, 0.4) is 0 Å². The van der Waals surface area contributed by atoms with Crippen LogP contribution >= 0.6 is 24.8 Å². The molecule has 138 valence electrons. The third kappa shape index (κ3) is 4.63. The summed E-state index contributed by atoms with van der Waals surface area (Å²) >= 11 is 0. The molecule has 2 aliphatic heterocycles. The number of carbonyl (C=O) groups excluding carboxylic acids is 1. The van der Waals surface area contributed by atoms with E-state index in [4.69, 9.17) is 4.74 Å². The van der Waals surface area contributed by atoms with Crippen molar-refractivity contribution in [2.75, 3.05) is 26.2 Å². The fraction of sp³-hybridized carbons (Fsp3) is 0.750. The van der Waals surface area contributed by atoms with Gasteiger partial charge in [-0.05, 0) is 38.2 Å². The van der Waals surface area contributed by atoms with E-state index in [9.17, 15) is 4.79 Å². The van der Waals surface area contributed by atoms with Crippen molar-refractivity contribution in [1.82, 2.24) is 20.0 Å². The van der Waals surface area contributed by atoms with Crippen LogP contribution in [0.4, 0.5) is 0 Å². The largest absolute Gasteiger partial charge is 0.375 e. The number of piperidine rings is 1. The van der Waals surface area contributed by atoms with Gasteiger partial charge in [0.25, 0.3) is 0 Å². The number of nitrogens with zero attached hydrogens (tertiary/aromatic N) is 3. The van der Waals surface area contributed by atoms with E-state index in [1.165, 1.54) is 5.56 Å². The molecule has 3 heterocycles. The highest BCUT2D eigenvalue weighted by Crippen LogP contribution is 2.28. The van der Waals surface area contributed by atoms with Crippen LogP contribution in [0.2, 0.25) is 0 Å². The summed E-state index contributed by atoms with van der Waals surface area (Å²) in [6.45, 7) is 8.07. The van der Waals surface area contributed by atoms with Crippen LogP contribution in [-0.4, -0.2) is 59.0 Å². The van der Waals surface area contributed by atoms with E-state index in [1.807, 2.05) is 22.7 Å². The average Bonchev–Trinajstić information content (AvgIpc) is 3.04. The Bertz CT molecular complexity index is 518. The fourth-order valence-corrected chi connectivity index (χ4v) is 3.40. The number of aryl methyl sites for hydroxylation is 1. The molecule has 2 atom stereocenters. The molecule has 0 saturated carbocycles. The van der Waals surface area contributed by atoms with Crippen molar-refractivity contribution in [3.63, 3.8) is 0 Å². The number of ether oxygens (including phenoxy) is 1. The summed E-state index contributed by atoms with van der Waals surface area (Å²) in [6, 6.07) is -0.187. The van der Waals surface area contributed by atoms with Crippen LogP contribution in [0.25, 0.3) is 0 Å². The van der Waals surface area contributed by atoms with Gasteiger partial charge in [0.15, 0.2) is 0 Å². The van der Waals surface area contributed by atoms with Crippen molar-refractivity contribution in [3.05, 3.63) is 18.0 Å². The maximum absolute atomic E-state index is 12.6. The van der Waals surface area contributed by atoms with E-state index < -0.39 is 0 Å². The minimum Gasteiger partial charge on any atom is -0.375 e. The molecule has 2 saturated heterocycles. The highest BCUT2D eigenvalue weighted by molar-refractivity contribution is 5.85. The summed E-state index contributed by atoms with van der Waals surface area (Å²) in [4.78, 5) is 14.6. The Labute approximate surface area is 156 Å². The average molecular weight is 379 g/mol. The summed E-state index contributed by atoms with van der Waals surface area (Å²) in [6.07, 6.45) is 6.11. The summed E-state index contributed by atoms with van der Waals surface area (Å²) in [5.74, 6) is 0.715. The Hall–Kier alpha value is -0.820. The Morgan fingerprint density at radius 1 is 1.38 bits per heavy atom. The molecule has 0 aromatic carbocycles. The van der Waals surface area contributed by atoms with Crippen molar-refractivity contribution in [3.8, 4) is 0 Å². The third-order valence-electron chi connectivity index (χ3n) is 4.84. The van der Waals surface area contributed by atoms with Crippen LogP contribution in [0.15, 0.2) is 12.4 Å². The van der Waals surface area contributed by atoms with Crippen molar-refractivity contribution >= 4 is 30.7 Å². The Morgan fingerprint density at radius 2 is 2.08 bits per heavy atom. The van der Waals surface area contributed by atoms with Gasteiger partial charge in [0.2, 0.25) is 5.91 Å². The van der Waals surface area contributed by atoms with Crippen LogP contribution in [0, 0.1) is 0 Å². The van der Waals surface area contributed by atoms with Crippen LogP contribution in [0.5, 0.6) is 0 Å². The van der Waals surface area contributed by atoms with Gasteiger partial charge in [0.1, 0.15) is 6.04 Å². The van der Waals surface area contributed by atoms with E-state index in [0.29, 0.717) is 12.5 Å². The molecule has 3 rings (SSSR count). The Morgan fingerprint density at radius 3 is 2.67 bits per heavy atom. The molecule has 24 heavy (non-hydrogen) atoms. The van der Waals surface area contributed by atoms with E-state index in [2.05, 4.69) is 23.5 Å². The molecule has 1 N–H and O–H groups in total. The zero-order valence-electron chi connectivity index (χ0n) is 14.3. The molecule has 1 aromatic rings. The van der Waals surface area contributed by atoms with Gasteiger partial charge >= 0.3 is 0 Å². The second-order valence-electron chi connectivity index (χ2n) is 6.24. The molecule has 2 aliphatic rings. The first-order chi connectivity index (χ1) is 10.7. The normalized spacial score (nSPS) is 24.8. The molecular weight excluding hydrogens is 351 g/mol. The maximum Gasteiger partial charge on any atom is 0.242 e. The van der Waals surface area contributed by atoms with Crippen LogP contribution < -0.4 is 5.32 Å². The lowest BCUT2D eigenvalue weighted by Crippen LogP contribution is -2.57. The SMILES string of the molecule is CCn1cc(C2CCN(C(=O)[C@H]3NCCO[C@@H]3C)CC2)cn1.Cl.Cl. The number of nitrogens with one attached hydrogen (secondary N) is 1. The van der Waals surface area contributed by atoms with Crippen molar-refractivity contribution < 1.29 is 9.53 Å². The highest BCUT2D eigenvalue weighted by atomic mass is 35.5. The van der Waals surface area contributed by atoms with E-state index >= 15 is 0 Å². The molecule has 2 fully saturated rings. The number of hydrogen-bond acceptors (Lipinski definition) is 4. The quantitative estimate of drug-likeness (QED) is 0.871. The zero-order chi connectivity index (χ0) is 15.5. The maximum atomic E-state index is 12.6. The van der Waals surface area contributed by atoms with E-state index in [0.717, 1.165) is 39.0 Å². The number of likely N-dealkylation sites (tertiary alicyclic amines) is 1. The molecular formula is C16H28Cl2N4O2. The standard InChI is InChI=1S/C16H26N4O2.2ClH/c1-3-20-11-14(10-18-20)13-4-7-19(8-5-13)16(21)15-12(2)22-9-6-17-15;;/h10-13,15,17H,3-9H2,1-2H3;2*1H/t12-,15+;;/m1../s1. The fourth-order valence-electron chi connectivity index (χ4n) is 3.40. The summed E-state index contributed by atoms with van der Waals surface area (Å²) < 4.78 is 7.56. The minimum absolute atomic E-state index is 0. The predicted molar refractivity (Wildman–Crippen MR) is 98.2 cm³/mol. The lowest BCUT2D eigenvalue weighted by Gasteiger charge is -2.37. The van der Waals surface area contributed by atoms with Gasteiger partial charge in [-0.1, -0.05) is 0 Å². The molecule has 1 amide bonds. The predicted octanol–water partition coefficient (Wildman–Crippen LogP) is 1.83.